The molecule has 0 bridgehead atoms. The molecule has 2 N–H and O–H groups in total. The molecular weight excluding hydrogens is 444 g/mol. The summed E-state index contributed by atoms with van der Waals surface area (Å²) >= 11 is 0. The van der Waals surface area contributed by atoms with E-state index in [0.717, 1.165) is 45.9 Å². The van der Waals surface area contributed by atoms with E-state index in [9.17, 15) is 4.79 Å². The maximum atomic E-state index is 13.8. The molecule has 1 heterocycles. The smallest absolute Gasteiger partial charge is 0.163 e. The predicted molar refractivity (Wildman–Crippen MR) is 144 cm³/mol. The number of hydrogen-bond acceptors (Lipinski definition) is 4. The average Bonchev–Trinajstić information content (AvgIpc) is 3.10. The molecule has 0 spiro atoms. The van der Waals surface area contributed by atoms with E-state index in [2.05, 4.69) is 53.1 Å². The van der Waals surface area contributed by atoms with Gasteiger partial charge in [-0.15, -0.1) is 0 Å². The molecule has 1 aliphatic carbocycles. The van der Waals surface area contributed by atoms with Gasteiger partial charge in [0, 0.05) is 23.3 Å². The lowest BCUT2D eigenvalue weighted by Gasteiger charge is -2.30. The van der Waals surface area contributed by atoms with Gasteiger partial charge in [-0.2, -0.15) is 0 Å². The van der Waals surface area contributed by atoms with Crippen molar-refractivity contribution in [2.45, 2.75) is 31.4 Å². The topological polar surface area (TPSA) is 50.4 Å². The zero-order chi connectivity index (χ0) is 24.3. The second-order valence-corrected chi connectivity index (χ2v) is 9.39. The number of benzene rings is 4. The Hall–Kier alpha value is -4.31. The SMILES string of the molecule is O=C1CC(c2ccccc2)CC2=C1C(c1ccccc1OCc1ccccc1)Nc1ccccc1N2. The minimum absolute atomic E-state index is 0.153. The Morgan fingerprint density at radius 3 is 2.19 bits per heavy atom. The first kappa shape index (κ1) is 22.2. The van der Waals surface area contributed by atoms with Crippen LogP contribution in [-0.2, 0) is 11.4 Å². The molecule has 36 heavy (non-hydrogen) atoms. The third kappa shape index (κ3) is 4.38. The number of rotatable bonds is 5. The number of ether oxygens (including phenoxy) is 1. The fourth-order valence-electron chi connectivity index (χ4n) is 5.27. The van der Waals surface area contributed by atoms with Crippen molar-refractivity contribution in [1.29, 1.82) is 0 Å². The molecule has 0 amide bonds. The van der Waals surface area contributed by atoms with Gasteiger partial charge in [0.05, 0.1) is 17.4 Å². The molecule has 2 unspecified atom stereocenters. The summed E-state index contributed by atoms with van der Waals surface area (Å²) in [7, 11) is 0. The van der Waals surface area contributed by atoms with Gasteiger partial charge >= 0.3 is 0 Å². The minimum atomic E-state index is -0.313. The highest BCUT2D eigenvalue weighted by atomic mass is 16.5. The van der Waals surface area contributed by atoms with Crippen LogP contribution >= 0.6 is 0 Å². The van der Waals surface area contributed by atoms with Crippen molar-refractivity contribution in [3.8, 4) is 5.75 Å². The summed E-state index contributed by atoms with van der Waals surface area (Å²) in [6.07, 6.45) is 1.27. The first-order chi connectivity index (χ1) is 17.8. The van der Waals surface area contributed by atoms with Crippen molar-refractivity contribution < 1.29 is 9.53 Å². The highest BCUT2D eigenvalue weighted by Crippen LogP contribution is 2.45. The van der Waals surface area contributed by atoms with E-state index in [1.807, 2.05) is 66.7 Å². The Balaban J connectivity index is 1.41. The van der Waals surface area contributed by atoms with Crippen LogP contribution in [0.25, 0.3) is 0 Å². The average molecular weight is 473 g/mol. The van der Waals surface area contributed by atoms with Crippen molar-refractivity contribution in [1.82, 2.24) is 0 Å². The quantitative estimate of drug-likeness (QED) is 0.321. The van der Waals surface area contributed by atoms with Crippen LogP contribution in [0, 0.1) is 0 Å². The highest BCUT2D eigenvalue weighted by Gasteiger charge is 2.37. The maximum absolute atomic E-state index is 13.8. The lowest BCUT2D eigenvalue weighted by molar-refractivity contribution is -0.116. The second kappa shape index (κ2) is 9.74. The standard InChI is InChI=1S/C32H28N2O2/c35-29-20-24(23-13-5-2-6-14-23)19-28-31(29)32(34-27-17-9-8-16-26(27)33-28)25-15-7-10-18-30(25)36-21-22-11-3-1-4-12-22/h1-18,24,32-34H,19-21H2. The first-order valence-electron chi connectivity index (χ1n) is 12.5. The summed E-state index contributed by atoms with van der Waals surface area (Å²) in [4.78, 5) is 13.8. The molecule has 4 heteroatoms. The molecule has 4 aromatic rings. The van der Waals surface area contributed by atoms with Gasteiger partial charge in [-0.25, -0.2) is 0 Å². The van der Waals surface area contributed by atoms with Gasteiger partial charge in [0.25, 0.3) is 0 Å². The number of fused-ring (bicyclic) bond motifs is 1. The predicted octanol–water partition coefficient (Wildman–Crippen LogP) is 7.25. The molecule has 0 radical (unpaired) electrons. The van der Waals surface area contributed by atoms with E-state index in [-0.39, 0.29) is 17.7 Å². The van der Waals surface area contributed by atoms with Crippen LogP contribution in [-0.4, -0.2) is 5.78 Å². The van der Waals surface area contributed by atoms with Crippen molar-refractivity contribution in [3.05, 3.63) is 137 Å². The van der Waals surface area contributed by atoms with Crippen LogP contribution in [0.15, 0.2) is 120 Å². The summed E-state index contributed by atoms with van der Waals surface area (Å²) in [5.74, 6) is 1.10. The van der Waals surface area contributed by atoms with Crippen LogP contribution in [0.2, 0.25) is 0 Å². The van der Waals surface area contributed by atoms with Gasteiger partial charge < -0.3 is 15.4 Å². The number of hydrogen-bond donors (Lipinski definition) is 2. The van der Waals surface area contributed by atoms with E-state index >= 15 is 0 Å². The minimum Gasteiger partial charge on any atom is -0.489 e. The number of para-hydroxylation sites is 3. The Morgan fingerprint density at radius 1 is 0.722 bits per heavy atom. The highest BCUT2D eigenvalue weighted by molar-refractivity contribution is 6.01. The van der Waals surface area contributed by atoms with E-state index in [4.69, 9.17) is 4.74 Å². The summed E-state index contributed by atoms with van der Waals surface area (Å²) in [5.41, 5.74) is 7.01. The Labute approximate surface area is 211 Å². The molecule has 0 saturated heterocycles. The van der Waals surface area contributed by atoms with Crippen LogP contribution < -0.4 is 15.4 Å². The Morgan fingerprint density at radius 2 is 1.39 bits per heavy atom. The molecule has 6 rings (SSSR count). The van der Waals surface area contributed by atoms with Crippen LogP contribution in [0.1, 0.15) is 41.5 Å². The number of carbonyl (C=O) groups is 1. The molecule has 4 nitrogen and oxygen atoms in total. The molecule has 2 aliphatic rings. The lowest BCUT2D eigenvalue weighted by Crippen LogP contribution is -2.27. The summed E-state index contributed by atoms with van der Waals surface area (Å²) in [6.45, 7) is 0.468. The molecule has 178 valence electrons. The maximum Gasteiger partial charge on any atom is 0.163 e. The number of ketones is 1. The first-order valence-corrected chi connectivity index (χ1v) is 12.5. The van der Waals surface area contributed by atoms with Crippen molar-refractivity contribution in [2.75, 3.05) is 10.6 Å². The zero-order valence-corrected chi connectivity index (χ0v) is 20.0. The molecular formula is C32H28N2O2. The fraction of sp³-hybridized carbons (Fsp3) is 0.156. The lowest BCUT2D eigenvalue weighted by atomic mass is 9.78. The monoisotopic (exact) mass is 472 g/mol. The summed E-state index contributed by atoms with van der Waals surface area (Å²) in [6, 6.07) is 36.4. The van der Waals surface area contributed by atoms with Gasteiger partial charge in [-0.05, 0) is 41.7 Å². The van der Waals surface area contributed by atoms with Crippen LogP contribution in [0.3, 0.4) is 0 Å². The van der Waals surface area contributed by atoms with E-state index in [1.54, 1.807) is 0 Å². The van der Waals surface area contributed by atoms with Gasteiger partial charge in [-0.3, -0.25) is 4.79 Å². The summed E-state index contributed by atoms with van der Waals surface area (Å²) < 4.78 is 6.32. The van der Waals surface area contributed by atoms with Crippen molar-refractivity contribution >= 4 is 17.2 Å². The van der Waals surface area contributed by atoms with Crippen molar-refractivity contribution in [3.63, 3.8) is 0 Å². The molecule has 0 fully saturated rings. The number of nitrogens with one attached hydrogen (secondary N) is 2. The number of Topliss-reactive ketones (excluding diaryl/α,β-unsaturated/α-hetero) is 1. The third-order valence-electron chi connectivity index (χ3n) is 7.05. The normalized spacial score (nSPS) is 18.8. The Bertz CT molecular complexity index is 1410. The second-order valence-electron chi connectivity index (χ2n) is 9.39. The summed E-state index contributed by atoms with van der Waals surface area (Å²) in [5, 5.41) is 7.30. The molecule has 0 aromatic heterocycles. The van der Waals surface area contributed by atoms with Gasteiger partial charge in [0.1, 0.15) is 12.4 Å². The van der Waals surface area contributed by atoms with Gasteiger partial charge in [0.2, 0.25) is 0 Å². The molecule has 0 saturated carbocycles. The Kier molecular flexibility index (Phi) is 6.00. The fourth-order valence-corrected chi connectivity index (χ4v) is 5.27. The largest absolute Gasteiger partial charge is 0.489 e. The number of anilines is 2. The van der Waals surface area contributed by atoms with Crippen molar-refractivity contribution in [2.24, 2.45) is 0 Å². The van der Waals surface area contributed by atoms with Crippen LogP contribution in [0.4, 0.5) is 11.4 Å². The van der Waals surface area contributed by atoms with E-state index in [0.29, 0.717) is 13.0 Å². The number of allylic oxidation sites excluding steroid dienone is 1. The van der Waals surface area contributed by atoms with Crippen LogP contribution in [0.5, 0.6) is 5.75 Å². The van der Waals surface area contributed by atoms with E-state index < -0.39 is 0 Å². The third-order valence-corrected chi connectivity index (χ3v) is 7.05. The molecule has 2 atom stereocenters. The molecule has 1 aliphatic heterocycles. The number of carbonyl (C=O) groups excluding carboxylic acids is 1. The zero-order valence-electron chi connectivity index (χ0n) is 20.0. The van der Waals surface area contributed by atoms with E-state index in [1.165, 1.54) is 5.56 Å². The molecule has 4 aromatic carbocycles. The van der Waals surface area contributed by atoms with Gasteiger partial charge in [0.15, 0.2) is 5.78 Å². The van der Waals surface area contributed by atoms with Gasteiger partial charge in [-0.1, -0.05) is 91.0 Å².